The van der Waals surface area contributed by atoms with Crippen molar-refractivity contribution in [1.29, 1.82) is 0 Å². The number of methoxy groups -OCH3 is 2. The van der Waals surface area contributed by atoms with Crippen molar-refractivity contribution < 1.29 is 28.5 Å². The van der Waals surface area contributed by atoms with Gasteiger partial charge in [-0.25, -0.2) is 4.79 Å². The third-order valence-electron chi connectivity index (χ3n) is 4.73. The summed E-state index contributed by atoms with van der Waals surface area (Å²) in [4.78, 5) is 25.5. The summed E-state index contributed by atoms with van der Waals surface area (Å²) >= 11 is 12.1. The molecule has 0 N–H and O–H groups in total. The van der Waals surface area contributed by atoms with Crippen molar-refractivity contribution in [1.82, 2.24) is 0 Å². The highest BCUT2D eigenvalue weighted by Gasteiger charge is 2.29. The van der Waals surface area contributed by atoms with Crippen molar-refractivity contribution in [3.63, 3.8) is 0 Å². The number of rotatable bonds is 5. The number of Topliss-reactive ketones (excluding diaryl/α,β-unsaturated/α-hetero) is 1. The van der Waals surface area contributed by atoms with Crippen molar-refractivity contribution >= 4 is 41.0 Å². The van der Waals surface area contributed by atoms with Crippen molar-refractivity contribution in [3.8, 4) is 23.0 Å². The molecular weight excluding hydrogens is 455 g/mol. The van der Waals surface area contributed by atoms with Gasteiger partial charge in [-0.2, -0.15) is 0 Å². The average Bonchev–Trinajstić information content (AvgIpc) is 3.09. The van der Waals surface area contributed by atoms with Crippen LogP contribution in [0.2, 0.25) is 10.0 Å². The molecule has 0 radical (unpaired) electrons. The Morgan fingerprint density at radius 2 is 1.69 bits per heavy atom. The molecule has 1 aliphatic heterocycles. The van der Waals surface area contributed by atoms with Crippen molar-refractivity contribution in [2.24, 2.45) is 0 Å². The summed E-state index contributed by atoms with van der Waals surface area (Å²) in [5.41, 5.74) is 1.08. The molecule has 0 bridgehead atoms. The van der Waals surface area contributed by atoms with Gasteiger partial charge in [0, 0.05) is 16.1 Å². The van der Waals surface area contributed by atoms with Crippen LogP contribution in [0, 0.1) is 0 Å². The van der Waals surface area contributed by atoms with E-state index in [0.717, 1.165) is 0 Å². The molecule has 0 saturated heterocycles. The van der Waals surface area contributed by atoms with E-state index in [1.54, 1.807) is 36.4 Å². The minimum Gasteiger partial charge on any atom is -0.496 e. The fourth-order valence-corrected chi connectivity index (χ4v) is 3.66. The number of benzene rings is 3. The van der Waals surface area contributed by atoms with Gasteiger partial charge in [0.2, 0.25) is 5.78 Å². The van der Waals surface area contributed by atoms with Gasteiger partial charge in [-0.1, -0.05) is 35.3 Å². The molecule has 8 heteroatoms. The van der Waals surface area contributed by atoms with Gasteiger partial charge in [0.05, 0.1) is 19.8 Å². The van der Waals surface area contributed by atoms with Crippen LogP contribution in [0.1, 0.15) is 26.3 Å². The third kappa shape index (κ3) is 4.15. The smallest absolute Gasteiger partial charge is 0.351 e. The number of carbonyl (C=O) groups is 2. The van der Waals surface area contributed by atoms with E-state index >= 15 is 0 Å². The van der Waals surface area contributed by atoms with Crippen molar-refractivity contribution in [2.75, 3.05) is 14.2 Å². The molecule has 6 nitrogen and oxygen atoms in total. The number of hydrogen-bond donors (Lipinski definition) is 0. The molecule has 0 fully saturated rings. The lowest BCUT2D eigenvalue weighted by molar-refractivity contribution is 0.0727. The van der Waals surface area contributed by atoms with Crippen LogP contribution in [-0.4, -0.2) is 26.0 Å². The van der Waals surface area contributed by atoms with Gasteiger partial charge >= 0.3 is 5.97 Å². The first-order valence-corrected chi connectivity index (χ1v) is 10.1. The summed E-state index contributed by atoms with van der Waals surface area (Å²) in [5, 5.41) is 0.870. The Kier molecular flexibility index (Phi) is 6.08. The van der Waals surface area contributed by atoms with E-state index in [1.165, 1.54) is 38.5 Å². The van der Waals surface area contributed by atoms with E-state index in [1.807, 2.05) is 0 Å². The summed E-state index contributed by atoms with van der Waals surface area (Å²) in [5.74, 6) is 0.199. The van der Waals surface area contributed by atoms with Crippen LogP contribution >= 0.6 is 23.2 Å². The fraction of sp³-hybridized carbons (Fsp3) is 0.0833. The first kappa shape index (κ1) is 21.7. The zero-order valence-corrected chi connectivity index (χ0v) is 18.5. The topological polar surface area (TPSA) is 71.1 Å². The highest BCUT2D eigenvalue weighted by atomic mass is 35.5. The molecule has 32 heavy (non-hydrogen) atoms. The van der Waals surface area contributed by atoms with Crippen LogP contribution < -0.4 is 18.9 Å². The van der Waals surface area contributed by atoms with Gasteiger partial charge in [0.15, 0.2) is 5.76 Å². The molecular formula is C24H16Cl2O6. The molecule has 3 aromatic carbocycles. The van der Waals surface area contributed by atoms with Crippen LogP contribution in [0.4, 0.5) is 0 Å². The second kappa shape index (κ2) is 8.94. The van der Waals surface area contributed by atoms with E-state index in [4.69, 9.17) is 42.1 Å². The maximum absolute atomic E-state index is 12.8. The van der Waals surface area contributed by atoms with E-state index in [0.29, 0.717) is 32.7 Å². The van der Waals surface area contributed by atoms with Crippen molar-refractivity contribution in [3.05, 3.63) is 87.1 Å². The molecule has 1 heterocycles. The Labute approximate surface area is 193 Å². The Bertz CT molecular complexity index is 1240. The van der Waals surface area contributed by atoms with E-state index in [9.17, 15) is 9.59 Å². The molecule has 0 atom stereocenters. The van der Waals surface area contributed by atoms with Crippen LogP contribution in [0.15, 0.2) is 60.4 Å². The number of ketones is 1. The summed E-state index contributed by atoms with van der Waals surface area (Å²) < 4.78 is 21.7. The molecule has 0 spiro atoms. The summed E-state index contributed by atoms with van der Waals surface area (Å²) in [6.45, 7) is 0. The quantitative estimate of drug-likeness (QED) is 0.264. The second-order valence-electron chi connectivity index (χ2n) is 6.69. The Morgan fingerprint density at radius 1 is 0.969 bits per heavy atom. The SMILES string of the molecule is COc1cccc(OC)c1C(=O)Oc1ccc2c(c1)O/C(=C\c1ccc(Cl)cc1Cl)C2=O. The van der Waals surface area contributed by atoms with Crippen LogP contribution in [-0.2, 0) is 0 Å². The van der Waals surface area contributed by atoms with Crippen molar-refractivity contribution in [2.45, 2.75) is 0 Å². The number of esters is 1. The van der Waals surface area contributed by atoms with Crippen LogP contribution in [0.3, 0.4) is 0 Å². The zero-order valence-electron chi connectivity index (χ0n) is 17.0. The number of hydrogen-bond acceptors (Lipinski definition) is 6. The molecule has 0 aliphatic carbocycles. The highest BCUT2D eigenvalue weighted by molar-refractivity contribution is 6.35. The van der Waals surface area contributed by atoms with E-state index in [2.05, 4.69) is 0 Å². The third-order valence-corrected chi connectivity index (χ3v) is 5.30. The molecule has 162 valence electrons. The minimum absolute atomic E-state index is 0.0964. The Balaban J connectivity index is 1.60. The predicted octanol–water partition coefficient (Wildman–Crippen LogP) is 5.85. The van der Waals surface area contributed by atoms with E-state index in [-0.39, 0.29) is 28.6 Å². The lowest BCUT2D eigenvalue weighted by Gasteiger charge is -2.12. The minimum atomic E-state index is -0.674. The number of carbonyl (C=O) groups excluding carboxylic acids is 2. The number of fused-ring (bicyclic) bond motifs is 1. The summed E-state index contributed by atoms with van der Waals surface area (Å²) in [6.07, 6.45) is 1.53. The molecule has 0 saturated carbocycles. The fourth-order valence-electron chi connectivity index (χ4n) is 3.20. The molecule has 0 amide bonds. The molecule has 4 rings (SSSR count). The molecule has 1 aliphatic rings. The predicted molar refractivity (Wildman–Crippen MR) is 120 cm³/mol. The molecule has 0 aromatic heterocycles. The second-order valence-corrected chi connectivity index (χ2v) is 7.53. The standard InChI is InChI=1S/C24H16Cl2O6/c1-29-18-4-3-5-19(30-2)22(18)24(28)31-15-8-9-16-20(12-15)32-21(23(16)27)10-13-6-7-14(25)11-17(13)26/h3-12H,1-2H3/b21-10-. The lowest BCUT2D eigenvalue weighted by atomic mass is 10.1. The number of halogens is 2. The van der Waals surface area contributed by atoms with Gasteiger partial charge in [0.1, 0.15) is 28.6 Å². The summed E-state index contributed by atoms with van der Waals surface area (Å²) in [6, 6.07) is 14.4. The number of allylic oxidation sites excluding steroid dienone is 1. The maximum Gasteiger partial charge on any atom is 0.351 e. The van der Waals surface area contributed by atoms with Crippen LogP contribution in [0.5, 0.6) is 23.0 Å². The van der Waals surface area contributed by atoms with Gasteiger partial charge in [0.25, 0.3) is 0 Å². The molecule has 0 unspecified atom stereocenters. The van der Waals surface area contributed by atoms with Gasteiger partial charge < -0.3 is 18.9 Å². The normalized spacial score (nSPS) is 13.5. The monoisotopic (exact) mass is 470 g/mol. The van der Waals surface area contributed by atoms with Gasteiger partial charge in [-0.05, 0) is 48.0 Å². The van der Waals surface area contributed by atoms with Gasteiger partial charge in [-0.3, -0.25) is 4.79 Å². The Hall–Kier alpha value is -3.48. The molecule has 3 aromatic rings. The van der Waals surface area contributed by atoms with Crippen LogP contribution in [0.25, 0.3) is 6.08 Å². The average molecular weight is 471 g/mol. The Morgan fingerprint density at radius 3 is 2.34 bits per heavy atom. The number of ether oxygens (including phenoxy) is 4. The first-order chi connectivity index (χ1) is 15.4. The largest absolute Gasteiger partial charge is 0.496 e. The summed E-state index contributed by atoms with van der Waals surface area (Å²) in [7, 11) is 2.89. The van der Waals surface area contributed by atoms with Gasteiger partial charge in [-0.15, -0.1) is 0 Å². The maximum atomic E-state index is 12.8. The zero-order chi connectivity index (χ0) is 22.8. The lowest BCUT2D eigenvalue weighted by Crippen LogP contribution is -2.12. The first-order valence-electron chi connectivity index (χ1n) is 9.37. The van der Waals surface area contributed by atoms with E-state index < -0.39 is 5.97 Å². The highest BCUT2D eigenvalue weighted by Crippen LogP contribution is 2.37.